The maximum absolute atomic E-state index is 11.0. The molecule has 0 aromatic carbocycles. The highest BCUT2D eigenvalue weighted by atomic mass is 16.5. The number of methoxy groups -OCH3 is 1. The molecule has 0 amide bonds. The number of ether oxygens (including phenoxy) is 1. The van der Waals surface area contributed by atoms with Crippen molar-refractivity contribution < 1.29 is 9.53 Å². The van der Waals surface area contributed by atoms with Gasteiger partial charge in [0.05, 0.1) is 25.3 Å². The van der Waals surface area contributed by atoms with E-state index in [9.17, 15) is 4.79 Å². The van der Waals surface area contributed by atoms with Crippen LogP contribution in [0.1, 0.15) is 23.9 Å². The Balaban J connectivity index is 2.69. The number of nitrogens with zero attached hydrogens (tertiary/aromatic N) is 1. The molecule has 0 spiro atoms. The maximum Gasteiger partial charge on any atom is 0.307 e. The summed E-state index contributed by atoms with van der Waals surface area (Å²) in [5.41, 5.74) is 7.39. The molecule has 1 aromatic heterocycles. The molecule has 14 heavy (non-hydrogen) atoms. The van der Waals surface area contributed by atoms with Crippen molar-refractivity contribution in [1.82, 2.24) is 4.98 Å². The van der Waals surface area contributed by atoms with Gasteiger partial charge in [0.25, 0.3) is 0 Å². The zero-order valence-corrected chi connectivity index (χ0v) is 8.36. The van der Waals surface area contributed by atoms with E-state index in [-0.39, 0.29) is 18.4 Å². The molecule has 1 rings (SSSR count). The molecule has 0 fully saturated rings. The number of esters is 1. The van der Waals surface area contributed by atoms with E-state index in [0.717, 1.165) is 11.4 Å². The fraction of sp³-hybridized carbons (Fsp3) is 0.400. The highest BCUT2D eigenvalue weighted by Crippen LogP contribution is 2.11. The van der Waals surface area contributed by atoms with Crippen molar-refractivity contribution in [3.05, 3.63) is 29.6 Å². The van der Waals surface area contributed by atoms with Crippen LogP contribution in [0.2, 0.25) is 0 Å². The summed E-state index contributed by atoms with van der Waals surface area (Å²) in [6, 6.07) is 5.17. The molecule has 1 atom stereocenters. The average Bonchev–Trinajstić information content (AvgIpc) is 2.17. The molecule has 0 bridgehead atoms. The second-order valence-corrected chi connectivity index (χ2v) is 3.09. The van der Waals surface area contributed by atoms with E-state index in [0.29, 0.717) is 0 Å². The fourth-order valence-corrected chi connectivity index (χ4v) is 1.14. The number of rotatable bonds is 3. The summed E-state index contributed by atoms with van der Waals surface area (Å²) in [5, 5.41) is 0. The van der Waals surface area contributed by atoms with Gasteiger partial charge in [-0.2, -0.15) is 0 Å². The van der Waals surface area contributed by atoms with Crippen molar-refractivity contribution in [2.75, 3.05) is 7.11 Å². The summed E-state index contributed by atoms with van der Waals surface area (Å²) in [4.78, 5) is 15.2. The van der Waals surface area contributed by atoms with Gasteiger partial charge in [0.15, 0.2) is 0 Å². The third kappa shape index (κ3) is 2.81. The van der Waals surface area contributed by atoms with Crippen LogP contribution in [0.4, 0.5) is 0 Å². The average molecular weight is 194 g/mol. The molecule has 1 heterocycles. The van der Waals surface area contributed by atoms with Crippen molar-refractivity contribution in [2.24, 2.45) is 5.73 Å². The standard InChI is InChI=1S/C10H14N2O2/c1-7-4-3-5-9(12-7)8(11)6-10(13)14-2/h3-5,8H,6,11H2,1-2H3/t8-/m1/s1. The molecule has 2 N–H and O–H groups in total. The number of pyridine rings is 1. The van der Waals surface area contributed by atoms with Crippen LogP contribution >= 0.6 is 0 Å². The lowest BCUT2D eigenvalue weighted by molar-refractivity contribution is -0.141. The number of hydrogen-bond acceptors (Lipinski definition) is 4. The molecule has 0 unspecified atom stereocenters. The van der Waals surface area contributed by atoms with Crippen LogP contribution in [0.3, 0.4) is 0 Å². The van der Waals surface area contributed by atoms with Crippen LogP contribution in [-0.2, 0) is 9.53 Å². The lowest BCUT2D eigenvalue weighted by atomic mass is 10.1. The Morgan fingerprint density at radius 1 is 1.64 bits per heavy atom. The molecule has 0 radical (unpaired) electrons. The minimum absolute atomic E-state index is 0.160. The molecule has 1 aromatic rings. The first-order chi connectivity index (χ1) is 6.63. The third-order valence-corrected chi connectivity index (χ3v) is 1.90. The number of hydrogen-bond donors (Lipinski definition) is 1. The van der Waals surface area contributed by atoms with Crippen LogP contribution in [0.5, 0.6) is 0 Å². The topological polar surface area (TPSA) is 65.2 Å². The Morgan fingerprint density at radius 3 is 2.93 bits per heavy atom. The minimum Gasteiger partial charge on any atom is -0.469 e. The third-order valence-electron chi connectivity index (χ3n) is 1.90. The fourth-order valence-electron chi connectivity index (χ4n) is 1.14. The van der Waals surface area contributed by atoms with E-state index in [1.807, 2.05) is 19.1 Å². The molecule has 4 nitrogen and oxygen atoms in total. The van der Waals surface area contributed by atoms with E-state index in [2.05, 4.69) is 9.72 Å². The summed E-state index contributed by atoms with van der Waals surface area (Å²) < 4.78 is 4.53. The van der Waals surface area contributed by atoms with Crippen molar-refractivity contribution in [3.63, 3.8) is 0 Å². The first-order valence-electron chi connectivity index (χ1n) is 4.39. The number of nitrogens with two attached hydrogens (primary N) is 1. The lowest BCUT2D eigenvalue weighted by Gasteiger charge is -2.09. The van der Waals surface area contributed by atoms with Crippen LogP contribution in [-0.4, -0.2) is 18.1 Å². The summed E-state index contributed by atoms with van der Waals surface area (Å²) >= 11 is 0. The molecular formula is C10H14N2O2. The Kier molecular flexibility index (Phi) is 3.59. The molecule has 0 aliphatic carbocycles. The van der Waals surface area contributed by atoms with E-state index < -0.39 is 0 Å². The number of carbonyl (C=O) groups is 1. The second-order valence-electron chi connectivity index (χ2n) is 3.09. The molecule has 4 heteroatoms. The first kappa shape index (κ1) is 10.7. The van der Waals surface area contributed by atoms with Crippen LogP contribution < -0.4 is 5.73 Å². The highest BCUT2D eigenvalue weighted by molar-refractivity contribution is 5.70. The van der Waals surface area contributed by atoms with Crippen molar-refractivity contribution >= 4 is 5.97 Å². The van der Waals surface area contributed by atoms with Gasteiger partial charge < -0.3 is 10.5 Å². The molecule has 0 saturated heterocycles. The Morgan fingerprint density at radius 2 is 2.36 bits per heavy atom. The molecule has 0 saturated carbocycles. The van der Waals surface area contributed by atoms with Gasteiger partial charge in [0.2, 0.25) is 0 Å². The first-order valence-corrected chi connectivity index (χ1v) is 4.39. The van der Waals surface area contributed by atoms with Crippen molar-refractivity contribution in [1.29, 1.82) is 0 Å². The largest absolute Gasteiger partial charge is 0.469 e. The van der Waals surface area contributed by atoms with Crippen LogP contribution in [0.15, 0.2) is 18.2 Å². The summed E-state index contributed by atoms with van der Waals surface area (Å²) in [7, 11) is 1.35. The van der Waals surface area contributed by atoms with Gasteiger partial charge in [-0.15, -0.1) is 0 Å². The van der Waals surface area contributed by atoms with Gasteiger partial charge >= 0.3 is 5.97 Å². The molecule has 0 aliphatic heterocycles. The summed E-state index contributed by atoms with van der Waals surface area (Å²) in [6.07, 6.45) is 0.160. The Labute approximate surface area is 83.1 Å². The second kappa shape index (κ2) is 4.72. The van der Waals surface area contributed by atoms with Gasteiger partial charge in [0.1, 0.15) is 0 Å². The predicted molar refractivity (Wildman–Crippen MR) is 52.5 cm³/mol. The smallest absolute Gasteiger partial charge is 0.307 e. The predicted octanol–water partition coefficient (Wildman–Crippen LogP) is 0.953. The van der Waals surface area contributed by atoms with Gasteiger partial charge in [-0.25, -0.2) is 0 Å². The Hall–Kier alpha value is -1.42. The molecule has 0 aliphatic rings. The zero-order chi connectivity index (χ0) is 10.6. The Bertz CT molecular complexity index is 326. The van der Waals surface area contributed by atoms with E-state index in [4.69, 9.17) is 5.73 Å². The van der Waals surface area contributed by atoms with E-state index >= 15 is 0 Å². The van der Waals surface area contributed by atoms with Crippen LogP contribution in [0, 0.1) is 6.92 Å². The van der Waals surface area contributed by atoms with E-state index in [1.54, 1.807) is 6.07 Å². The van der Waals surface area contributed by atoms with Crippen molar-refractivity contribution in [2.45, 2.75) is 19.4 Å². The molecule has 76 valence electrons. The quantitative estimate of drug-likeness (QED) is 0.727. The maximum atomic E-state index is 11.0. The van der Waals surface area contributed by atoms with Crippen molar-refractivity contribution in [3.8, 4) is 0 Å². The monoisotopic (exact) mass is 194 g/mol. The summed E-state index contributed by atoms with van der Waals surface area (Å²) in [5.74, 6) is -0.319. The molecular weight excluding hydrogens is 180 g/mol. The SMILES string of the molecule is COC(=O)C[C@@H](N)c1cccc(C)n1. The van der Waals surface area contributed by atoms with Gasteiger partial charge in [0, 0.05) is 5.69 Å². The zero-order valence-electron chi connectivity index (χ0n) is 8.36. The van der Waals surface area contributed by atoms with Gasteiger partial charge in [-0.1, -0.05) is 6.07 Å². The number of aromatic nitrogens is 1. The highest BCUT2D eigenvalue weighted by Gasteiger charge is 2.12. The van der Waals surface area contributed by atoms with Gasteiger partial charge in [-0.3, -0.25) is 9.78 Å². The minimum atomic E-state index is -0.387. The summed E-state index contributed by atoms with van der Waals surface area (Å²) in [6.45, 7) is 1.88. The normalized spacial score (nSPS) is 12.2. The van der Waals surface area contributed by atoms with E-state index in [1.165, 1.54) is 7.11 Å². The van der Waals surface area contributed by atoms with Gasteiger partial charge in [-0.05, 0) is 19.1 Å². The number of carbonyl (C=O) groups excluding carboxylic acids is 1. The number of aryl methyl sites for hydroxylation is 1. The lowest BCUT2D eigenvalue weighted by Crippen LogP contribution is -2.17. The van der Waals surface area contributed by atoms with Crippen LogP contribution in [0.25, 0.3) is 0 Å².